The van der Waals surface area contributed by atoms with Gasteiger partial charge in [0, 0.05) is 30.9 Å². The van der Waals surface area contributed by atoms with Gasteiger partial charge >= 0.3 is 0 Å². The monoisotopic (exact) mass is 249 g/mol. The van der Waals surface area contributed by atoms with Gasteiger partial charge in [0.2, 0.25) is 0 Å². The van der Waals surface area contributed by atoms with Crippen molar-refractivity contribution in [3.63, 3.8) is 0 Å². The molecule has 18 heavy (non-hydrogen) atoms. The Hall–Kier alpha value is -1.09. The van der Waals surface area contributed by atoms with E-state index in [4.69, 9.17) is 0 Å². The largest absolute Gasteiger partial charge is 0.357 e. The van der Waals surface area contributed by atoms with E-state index in [1.165, 1.54) is 5.56 Å². The Morgan fingerprint density at radius 1 is 1.28 bits per heavy atom. The van der Waals surface area contributed by atoms with E-state index >= 15 is 0 Å². The highest BCUT2D eigenvalue weighted by Gasteiger charge is 2.11. The molecule has 3 heteroatoms. The fraction of sp³-hybridized carbons (Fsp3) is 0.667. The van der Waals surface area contributed by atoms with Crippen LogP contribution in [0.1, 0.15) is 45.9 Å². The van der Waals surface area contributed by atoms with Crippen LogP contribution < -0.4 is 10.2 Å². The maximum absolute atomic E-state index is 4.60. The molecule has 0 saturated heterocycles. The van der Waals surface area contributed by atoms with Crippen molar-refractivity contribution in [3.05, 3.63) is 23.4 Å². The predicted molar refractivity (Wildman–Crippen MR) is 79.1 cm³/mol. The molecule has 0 aliphatic heterocycles. The molecule has 0 radical (unpaired) electrons. The number of anilines is 1. The van der Waals surface area contributed by atoms with Crippen LogP contribution in [0.5, 0.6) is 0 Å². The number of aromatic nitrogens is 1. The van der Waals surface area contributed by atoms with Crippen molar-refractivity contribution in [1.82, 2.24) is 10.3 Å². The van der Waals surface area contributed by atoms with Crippen LogP contribution in [0.2, 0.25) is 0 Å². The van der Waals surface area contributed by atoms with E-state index in [9.17, 15) is 0 Å². The molecule has 0 aliphatic carbocycles. The van der Waals surface area contributed by atoms with E-state index in [0.29, 0.717) is 6.04 Å². The maximum atomic E-state index is 4.60. The van der Waals surface area contributed by atoms with Crippen molar-refractivity contribution < 1.29 is 0 Å². The van der Waals surface area contributed by atoms with Crippen molar-refractivity contribution in [3.8, 4) is 0 Å². The summed E-state index contributed by atoms with van der Waals surface area (Å²) in [6.45, 7) is 13.8. The van der Waals surface area contributed by atoms with Crippen molar-refractivity contribution in [2.75, 3.05) is 11.9 Å². The Morgan fingerprint density at radius 3 is 2.39 bits per heavy atom. The van der Waals surface area contributed by atoms with Crippen LogP contribution in [-0.4, -0.2) is 23.6 Å². The molecule has 1 heterocycles. The molecule has 0 saturated carbocycles. The zero-order valence-corrected chi connectivity index (χ0v) is 12.8. The lowest BCUT2D eigenvalue weighted by Gasteiger charge is -2.25. The lowest BCUT2D eigenvalue weighted by Crippen LogP contribution is -2.35. The second-order valence-corrected chi connectivity index (χ2v) is 6.28. The van der Waals surface area contributed by atoms with Crippen LogP contribution in [0.3, 0.4) is 0 Å². The Bertz CT molecular complexity index is 391. The molecule has 0 aromatic carbocycles. The standard InChI is InChI=1S/C15H27N3/c1-11(2)18(7)14-9-13(8-12(3)17-14)10-16-15(4,5)6/h8-9,11,16H,10H2,1-7H3. The molecule has 0 bridgehead atoms. The number of pyridine rings is 1. The summed E-state index contributed by atoms with van der Waals surface area (Å²) in [4.78, 5) is 6.80. The Kier molecular flexibility index (Phi) is 4.74. The predicted octanol–water partition coefficient (Wildman–Crippen LogP) is 3.12. The first-order valence-electron chi connectivity index (χ1n) is 6.64. The minimum atomic E-state index is 0.140. The van der Waals surface area contributed by atoms with E-state index in [-0.39, 0.29) is 5.54 Å². The van der Waals surface area contributed by atoms with Gasteiger partial charge in [-0.2, -0.15) is 0 Å². The fourth-order valence-electron chi connectivity index (χ4n) is 1.64. The number of nitrogens with zero attached hydrogens (tertiary/aromatic N) is 2. The Morgan fingerprint density at radius 2 is 1.89 bits per heavy atom. The van der Waals surface area contributed by atoms with Gasteiger partial charge in [-0.3, -0.25) is 0 Å². The normalized spacial score (nSPS) is 12.0. The molecule has 102 valence electrons. The van der Waals surface area contributed by atoms with Crippen LogP contribution in [0.25, 0.3) is 0 Å². The summed E-state index contributed by atoms with van der Waals surface area (Å²) in [6, 6.07) is 4.78. The van der Waals surface area contributed by atoms with Gasteiger partial charge in [-0.1, -0.05) is 0 Å². The van der Waals surface area contributed by atoms with Gasteiger partial charge in [-0.15, -0.1) is 0 Å². The van der Waals surface area contributed by atoms with Crippen LogP contribution >= 0.6 is 0 Å². The van der Waals surface area contributed by atoms with Crippen LogP contribution in [0.4, 0.5) is 5.82 Å². The molecule has 0 atom stereocenters. The number of rotatable bonds is 4. The smallest absolute Gasteiger partial charge is 0.129 e. The summed E-state index contributed by atoms with van der Waals surface area (Å²) in [5.41, 5.74) is 2.51. The summed E-state index contributed by atoms with van der Waals surface area (Å²) >= 11 is 0. The lowest BCUT2D eigenvalue weighted by atomic mass is 10.1. The van der Waals surface area contributed by atoms with Crippen LogP contribution in [0.15, 0.2) is 12.1 Å². The van der Waals surface area contributed by atoms with Crippen molar-refractivity contribution in [2.45, 2.75) is 59.7 Å². The molecule has 0 unspecified atom stereocenters. The van der Waals surface area contributed by atoms with Gasteiger partial charge in [0.25, 0.3) is 0 Å². The van der Waals surface area contributed by atoms with Gasteiger partial charge in [-0.05, 0) is 59.2 Å². The Balaban J connectivity index is 2.87. The summed E-state index contributed by atoms with van der Waals surface area (Å²) in [5.74, 6) is 1.05. The third-order valence-electron chi connectivity index (χ3n) is 2.96. The van der Waals surface area contributed by atoms with E-state index in [2.05, 4.69) is 75.9 Å². The third kappa shape index (κ3) is 4.65. The van der Waals surface area contributed by atoms with E-state index in [1.807, 2.05) is 0 Å². The second-order valence-electron chi connectivity index (χ2n) is 6.28. The third-order valence-corrected chi connectivity index (χ3v) is 2.96. The van der Waals surface area contributed by atoms with Gasteiger partial charge in [0.1, 0.15) is 5.82 Å². The zero-order valence-electron chi connectivity index (χ0n) is 12.8. The maximum Gasteiger partial charge on any atom is 0.129 e. The minimum Gasteiger partial charge on any atom is -0.357 e. The topological polar surface area (TPSA) is 28.2 Å². The highest BCUT2D eigenvalue weighted by atomic mass is 15.2. The van der Waals surface area contributed by atoms with E-state index in [1.54, 1.807) is 0 Å². The summed E-state index contributed by atoms with van der Waals surface area (Å²) in [7, 11) is 2.09. The molecule has 1 aromatic heterocycles. The molecule has 0 fully saturated rings. The molecule has 0 amide bonds. The summed E-state index contributed by atoms with van der Waals surface area (Å²) in [5, 5.41) is 3.51. The number of nitrogens with one attached hydrogen (secondary N) is 1. The van der Waals surface area contributed by atoms with Gasteiger partial charge in [0.15, 0.2) is 0 Å². The molecule has 0 aliphatic rings. The molecule has 0 spiro atoms. The van der Waals surface area contributed by atoms with E-state index < -0.39 is 0 Å². The molecule has 1 N–H and O–H groups in total. The van der Waals surface area contributed by atoms with Crippen molar-refractivity contribution in [2.24, 2.45) is 0 Å². The van der Waals surface area contributed by atoms with Gasteiger partial charge in [0.05, 0.1) is 0 Å². The quantitative estimate of drug-likeness (QED) is 0.888. The molecule has 1 aromatic rings. The molecule has 1 rings (SSSR count). The highest BCUT2D eigenvalue weighted by Crippen LogP contribution is 2.16. The van der Waals surface area contributed by atoms with Crippen molar-refractivity contribution >= 4 is 5.82 Å². The number of hydrogen-bond donors (Lipinski definition) is 1. The van der Waals surface area contributed by atoms with Gasteiger partial charge in [-0.25, -0.2) is 4.98 Å². The average molecular weight is 249 g/mol. The zero-order chi connectivity index (χ0) is 13.9. The number of aryl methyl sites for hydroxylation is 1. The summed E-state index contributed by atoms with van der Waals surface area (Å²) in [6.07, 6.45) is 0. The van der Waals surface area contributed by atoms with Crippen LogP contribution in [-0.2, 0) is 6.54 Å². The molecular weight excluding hydrogens is 222 g/mol. The van der Waals surface area contributed by atoms with Gasteiger partial charge < -0.3 is 10.2 Å². The van der Waals surface area contributed by atoms with E-state index in [0.717, 1.165) is 18.1 Å². The minimum absolute atomic E-state index is 0.140. The number of hydrogen-bond acceptors (Lipinski definition) is 3. The summed E-state index contributed by atoms with van der Waals surface area (Å²) < 4.78 is 0. The Labute approximate surface area is 112 Å². The van der Waals surface area contributed by atoms with Crippen LogP contribution in [0, 0.1) is 6.92 Å². The first kappa shape index (κ1) is 15.0. The average Bonchev–Trinajstić information content (AvgIpc) is 2.23. The SMILES string of the molecule is Cc1cc(CNC(C)(C)C)cc(N(C)C(C)C)n1. The van der Waals surface area contributed by atoms with Crippen molar-refractivity contribution in [1.29, 1.82) is 0 Å². The lowest BCUT2D eigenvalue weighted by molar-refractivity contribution is 0.424. The second kappa shape index (κ2) is 5.70. The first-order chi connectivity index (χ1) is 8.19. The first-order valence-corrected chi connectivity index (χ1v) is 6.64. The molecule has 3 nitrogen and oxygen atoms in total. The fourth-order valence-corrected chi connectivity index (χ4v) is 1.64. The molecular formula is C15H27N3. The highest BCUT2D eigenvalue weighted by molar-refractivity contribution is 5.42.